The number of ether oxygens (including phenoxy) is 3. The Labute approximate surface area is 160 Å². The fraction of sp³-hybridized carbons (Fsp3) is 0.263. The first kappa shape index (κ1) is 17.8. The number of halogens is 1. The molecule has 4 rings (SSSR count). The normalized spacial score (nSPS) is 13.1. The average molecular weight is 387 g/mol. The average Bonchev–Trinajstić information content (AvgIpc) is 3.06. The van der Waals surface area contributed by atoms with Crippen LogP contribution in [0.25, 0.3) is 11.4 Å². The van der Waals surface area contributed by atoms with E-state index in [1.165, 1.54) is 23.9 Å². The first-order valence-electron chi connectivity index (χ1n) is 8.35. The lowest BCUT2D eigenvalue weighted by Gasteiger charge is -2.20. The third-order valence-electron chi connectivity index (χ3n) is 4.29. The molecule has 0 saturated heterocycles. The molecule has 0 saturated carbocycles. The fourth-order valence-corrected chi connectivity index (χ4v) is 3.89. The molecule has 3 aromatic rings. The summed E-state index contributed by atoms with van der Waals surface area (Å²) in [4.78, 5) is 0. The predicted molar refractivity (Wildman–Crippen MR) is 99.2 cm³/mol. The van der Waals surface area contributed by atoms with E-state index in [-0.39, 0.29) is 12.6 Å². The lowest BCUT2D eigenvalue weighted by atomic mass is 10.1. The van der Waals surface area contributed by atoms with Crippen LogP contribution in [-0.2, 0) is 24.1 Å². The lowest BCUT2D eigenvalue weighted by molar-refractivity contribution is -0.0171. The van der Waals surface area contributed by atoms with E-state index in [1.807, 2.05) is 35.9 Å². The molecule has 1 aliphatic heterocycles. The molecule has 2 heterocycles. The van der Waals surface area contributed by atoms with Crippen molar-refractivity contribution in [3.8, 4) is 22.9 Å². The van der Waals surface area contributed by atoms with E-state index in [0.717, 1.165) is 27.6 Å². The maximum Gasteiger partial charge on any atom is 0.191 e. The molecule has 1 aliphatic rings. The standard InChI is InChI=1S/C19H18FN3O3S/c1-23-18(15-5-3-4-6-16(15)24-2)21-22-19(23)27-10-13-8-14(20)7-12-9-25-11-26-17(12)13/h3-8H,9-11H2,1-2H3. The van der Waals surface area contributed by atoms with Crippen LogP contribution in [0.5, 0.6) is 11.5 Å². The summed E-state index contributed by atoms with van der Waals surface area (Å²) in [5, 5.41) is 9.30. The van der Waals surface area contributed by atoms with Gasteiger partial charge in [0.25, 0.3) is 0 Å². The maximum absolute atomic E-state index is 13.9. The number of rotatable bonds is 5. The number of fused-ring (bicyclic) bond motifs is 1. The van der Waals surface area contributed by atoms with E-state index in [9.17, 15) is 4.39 Å². The van der Waals surface area contributed by atoms with Gasteiger partial charge in [0.1, 0.15) is 17.3 Å². The molecule has 0 atom stereocenters. The molecule has 140 valence electrons. The molecule has 0 aliphatic carbocycles. The minimum Gasteiger partial charge on any atom is -0.496 e. The Kier molecular flexibility index (Phi) is 5.00. The number of benzene rings is 2. The van der Waals surface area contributed by atoms with E-state index >= 15 is 0 Å². The van der Waals surface area contributed by atoms with Crippen molar-refractivity contribution in [1.82, 2.24) is 14.8 Å². The molecular formula is C19H18FN3O3S. The van der Waals surface area contributed by atoms with Gasteiger partial charge in [-0.1, -0.05) is 23.9 Å². The third kappa shape index (κ3) is 3.50. The van der Waals surface area contributed by atoms with Gasteiger partial charge in [-0.25, -0.2) is 4.39 Å². The minimum atomic E-state index is -0.300. The SMILES string of the molecule is COc1ccccc1-c1nnc(SCc2cc(F)cc3c2OCOC3)n1C. The van der Waals surface area contributed by atoms with Gasteiger partial charge in [0.05, 0.1) is 19.3 Å². The van der Waals surface area contributed by atoms with Gasteiger partial charge < -0.3 is 18.8 Å². The van der Waals surface area contributed by atoms with Crippen LogP contribution in [0.1, 0.15) is 11.1 Å². The van der Waals surface area contributed by atoms with E-state index in [1.54, 1.807) is 7.11 Å². The van der Waals surface area contributed by atoms with Gasteiger partial charge in [0.2, 0.25) is 0 Å². The minimum absolute atomic E-state index is 0.179. The summed E-state index contributed by atoms with van der Waals surface area (Å²) in [6.45, 7) is 0.533. The zero-order valence-corrected chi connectivity index (χ0v) is 15.8. The summed E-state index contributed by atoms with van der Waals surface area (Å²) in [6.07, 6.45) is 0. The molecule has 8 heteroatoms. The van der Waals surface area contributed by atoms with Gasteiger partial charge in [0, 0.05) is 23.9 Å². The van der Waals surface area contributed by atoms with Gasteiger partial charge in [-0.3, -0.25) is 0 Å². The molecule has 0 unspecified atom stereocenters. The van der Waals surface area contributed by atoms with Crippen LogP contribution in [0.3, 0.4) is 0 Å². The van der Waals surface area contributed by atoms with Gasteiger partial charge in [-0.2, -0.15) is 0 Å². The van der Waals surface area contributed by atoms with E-state index in [2.05, 4.69) is 10.2 Å². The topological polar surface area (TPSA) is 58.4 Å². The molecular weight excluding hydrogens is 369 g/mol. The van der Waals surface area contributed by atoms with Crippen LogP contribution in [-0.4, -0.2) is 28.7 Å². The first-order valence-corrected chi connectivity index (χ1v) is 9.33. The quantitative estimate of drug-likeness (QED) is 0.621. The number of nitrogens with zero attached hydrogens (tertiary/aromatic N) is 3. The van der Waals surface area contributed by atoms with Gasteiger partial charge >= 0.3 is 0 Å². The Bertz CT molecular complexity index is 977. The van der Waals surface area contributed by atoms with Gasteiger partial charge in [-0.05, 0) is 24.3 Å². The Morgan fingerprint density at radius 2 is 2.11 bits per heavy atom. The van der Waals surface area contributed by atoms with Crippen molar-refractivity contribution < 1.29 is 18.6 Å². The monoisotopic (exact) mass is 387 g/mol. The predicted octanol–water partition coefficient (Wildman–Crippen LogP) is 3.79. The van der Waals surface area contributed by atoms with Crippen molar-refractivity contribution in [1.29, 1.82) is 0 Å². The number of hydrogen-bond donors (Lipinski definition) is 0. The van der Waals surface area contributed by atoms with Crippen LogP contribution in [0.2, 0.25) is 0 Å². The summed E-state index contributed by atoms with van der Waals surface area (Å²) in [7, 11) is 3.52. The van der Waals surface area contributed by atoms with Crippen LogP contribution >= 0.6 is 11.8 Å². The fourth-order valence-electron chi connectivity index (χ4n) is 3.01. The van der Waals surface area contributed by atoms with Crippen molar-refractivity contribution >= 4 is 11.8 Å². The smallest absolute Gasteiger partial charge is 0.191 e. The van der Waals surface area contributed by atoms with Crippen LogP contribution in [0.15, 0.2) is 41.6 Å². The molecule has 0 spiro atoms. The second kappa shape index (κ2) is 7.58. The Morgan fingerprint density at radius 1 is 1.26 bits per heavy atom. The van der Waals surface area contributed by atoms with E-state index in [4.69, 9.17) is 14.2 Å². The van der Waals surface area contributed by atoms with Crippen LogP contribution in [0, 0.1) is 5.82 Å². The molecule has 0 amide bonds. The lowest BCUT2D eigenvalue weighted by Crippen LogP contribution is -2.13. The highest BCUT2D eigenvalue weighted by Gasteiger charge is 2.19. The summed E-state index contributed by atoms with van der Waals surface area (Å²) < 4.78 is 32.0. The van der Waals surface area contributed by atoms with Crippen LogP contribution < -0.4 is 9.47 Å². The molecule has 27 heavy (non-hydrogen) atoms. The van der Waals surface area contributed by atoms with Crippen molar-refractivity contribution in [3.05, 3.63) is 53.3 Å². The Balaban J connectivity index is 1.59. The number of methoxy groups -OCH3 is 1. The first-order chi connectivity index (χ1) is 13.2. The molecule has 0 bridgehead atoms. The zero-order chi connectivity index (χ0) is 18.8. The summed E-state index contributed by atoms with van der Waals surface area (Å²) in [5.41, 5.74) is 2.37. The highest BCUT2D eigenvalue weighted by atomic mass is 32.2. The van der Waals surface area contributed by atoms with Crippen molar-refractivity contribution in [2.45, 2.75) is 17.5 Å². The molecule has 6 nitrogen and oxygen atoms in total. The Hall–Kier alpha value is -2.58. The Morgan fingerprint density at radius 3 is 2.96 bits per heavy atom. The van der Waals surface area contributed by atoms with Crippen molar-refractivity contribution in [2.75, 3.05) is 13.9 Å². The highest BCUT2D eigenvalue weighted by molar-refractivity contribution is 7.98. The number of aromatic nitrogens is 3. The van der Waals surface area contributed by atoms with Crippen molar-refractivity contribution in [3.63, 3.8) is 0 Å². The second-order valence-corrected chi connectivity index (χ2v) is 6.96. The second-order valence-electron chi connectivity index (χ2n) is 6.02. The largest absolute Gasteiger partial charge is 0.496 e. The molecule has 0 radical (unpaired) electrons. The van der Waals surface area contributed by atoms with E-state index in [0.29, 0.717) is 23.9 Å². The summed E-state index contributed by atoms with van der Waals surface area (Å²) in [6, 6.07) is 10.6. The van der Waals surface area contributed by atoms with Gasteiger partial charge in [0.15, 0.2) is 17.8 Å². The number of para-hydroxylation sites is 1. The highest BCUT2D eigenvalue weighted by Crippen LogP contribution is 2.35. The molecule has 2 aromatic carbocycles. The summed E-state index contributed by atoms with van der Waals surface area (Å²) in [5.74, 6) is 2.35. The van der Waals surface area contributed by atoms with Gasteiger partial charge in [-0.15, -0.1) is 10.2 Å². The van der Waals surface area contributed by atoms with Crippen LogP contribution in [0.4, 0.5) is 4.39 Å². The number of thioether (sulfide) groups is 1. The molecule has 0 N–H and O–H groups in total. The maximum atomic E-state index is 13.9. The summed E-state index contributed by atoms with van der Waals surface area (Å²) >= 11 is 1.47. The third-order valence-corrected chi connectivity index (χ3v) is 5.36. The molecule has 1 aromatic heterocycles. The van der Waals surface area contributed by atoms with Crippen molar-refractivity contribution in [2.24, 2.45) is 7.05 Å². The zero-order valence-electron chi connectivity index (χ0n) is 14.9. The van der Waals surface area contributed by atoms with E-state index < -0.39 is 0 Å². The molecule has 0 fully saturated rings. The number of hydrogen-bond acceptors (Lipinski definition) is 6.